The topological polar surface area (TPSA) is 84.2 Å². The van der Waals surface area contributed by atoms with Crippen LogP contribution in [0.4, 0.5) is 4.79 Å². The molecule has 1 aromatic carbocycles. The first-order valence-corrected chi connectivity index (χ1v) is 6.39. The first kappa shape index (κ1) is 15.2. The minimum absolute atomic E-state index is 0.403. The van der Waals surface area contributed by atoms with E-state index in [1.807, 2.05) is 23.5 Å². The molecule has 0 spiro atoms. The SMILES string of the molecule is CC(NCCC(C)c1ccccc1)C(=O)NC(N)=O. The molecule has 0 saturated carbocycles. The number of carbonyl (C=O) groups excluding carboxylic acids is 2. The van der Waals surface area contributed by atoms with Crippen LogP contribution in [0.25, 0.3) is 0 Å². The molecule has 3 amide bonds. The second-order valence-electron chi connectivity index (χ2n) is 4.63. The number of urea groups is 1. The lowest BCUT2D eigenvalue weighted by Gasteiger charge is -2.15. The number of primary amides is 1. The summed E-state index contributed by atoms with van der Waals surface area (Å²) in [7, 11) is 0. The summed E-state index contributed by atoms with van der Waals surface area (Å²) in [5, 5.41) is 5.12. The maximum absolute atomic E-state index is 11.4. The number of imide groups is 1. The van der Waals surface area contributed by atoms with E-state index in [9.17, 15) is 9.59 Å². The van der Waals surface area contributed by atoms with Gasteiger partial charge in [-0.1, -0.05) is 37.3 Å². The zero-order valence-corrected chi connectivity index (χ0v) is 11.3. The van der Waals surface area contributed by atoms with Crippen molar-refractivity contribution < 1.29 is 9.59 Å². The Morgan fingerprint density at radius 1 is 1.21 bits per heavy atom. The van der Waals surface area contributed by atoms with Crippen LogP contribution in [-0.4, -0.2) is 24.5 Å². The highest BCUT2D eigenvalue weighted by molar-refractivity contribution is 5.96. The van der Waals surface area contributed by atoms with Gasteiger partial charge in [-0.15, -0.1) is 0 Å². The molecule has 1 rings (SSSR count). The van der Waals surface area contributed by atoms with E-state index in [4.69, 9.17) is 5.73 Å². The summed E-state index contributed by atoms with van der Waals surface area (Å²) in [6, 6.07) is 8.95. The molecule has 0 fully saturated rings. The fourth-order valence-electron chi connectivity index (χ4n) is 1.79. The van der Waals surface area contributed by atoms with Crippen LogP contribution in [0.15, 0.2) is 30.3 Å². The van der Waals surface area contributed by atoms with Crippen LogP contribution in [0.5, 0.6) is 0 Å². The van der Waals surface area contributed by atoms with Gasteiger partial charge in [-0.25, -0.2) is 4.79 Å². The van der Waals surface area contributed by atoms with Gasteiger partial charge in [-0.3, -0.25) is 10.1 Å². The Labute approximate surface area is 113 Å². The van der Waals surface area contributed by atoms with Gasteiger partial charge in [0.05, 0.1) is 6.04 Å². The lowest BCUT2D eigenvalue weighted by atomic mass is 9.98. The number of rotatable bonds is 6. The van der Waals surface area contributed by atoms with E-state index < -0.39 is 18.0 Å². The predicted molar refractivity (Wildman–Crippen MR) is 74.7 cm³/mol. The van der Waals surface area contributed by atoms with Crippen molar-refractivity contribution in [3.05, 3.63) is 35.9 Å². The fraction of sp³-hybridized carbons (Fsp3) is 0.429. The van der Waals surface area contributed by atoms with Gasteiger partial charge >= 0.3 is 6.03 Å². The third-order valence-electron chi connectivity index (χ3n) is 3.04. The van der Waals surface area contributed by atoms with Crippen LogP contribution in [0.2, 0.25) is 0 Å². The van der Waals surface area contributed by atoms with Crippen molar-refractivity contribution in [3.8, 4) is 0 Å². The molecule has 2 unspecified atom stereocenters. The number of hydrogen-bond donors (Lipinski definition) is 3. The van der Waals surface area contributed by atoms with Gasteiger partial charge in [0.25, 0.3) is 0 Å². The maximum Gasteiger partial charge on any atom is 0.318 e. The first-order chi connectivity index (χ1) is 9.00. The molecule has 2 atom stereocenters. The molecule has 0 aliphatic heterocycles. The van der Waals surface area contributed by atoms with E-state index >= 15 is 0 Å². The van der Waals surface area contributed by atoms with Crippen molar-refractivity contribution in [3.63, 3.8) is 0 Å². The third kappa shape index (κ3) is 5.52. The molecule has 104 valence electrons. The van der Waals surface area contributed by atoms with E-state index in [1.165, 1.54) is 5.56 Å². The summed E-state index contributed by atoms with van der Waals surface area (Å²) in [5.41, 5.74) is 6.16. The quantitative estimate of drug-likeness (QED) is 0.724. The number of amides is 3. The molecule has 0 aromatic heterocycles. The van der Waals surface area contributed by atoms with Gasteiger partial charge < -0.3 is 11.1 Å². The van der Waals surface area contributed by atoms with Crippen LogP contribution in [0.3, 0.4) is 0 Å². The number of hydrogen-bond acceptors (Lipinski definition) is 3. The highest BCUT2D eigenvalue weighted by Crippen LogP contribution is 2.17. The summed E-state index contributed by atoms with van der Waals surface area (Å²) < 4.78 is 0. The average Bonchev–Trinajstić information content (AvgIpc) is 2.38. The van der Waals surface area contributed by atoms with E-state index in [-0.39, 0.29) is 0 Å². The molecule has 0 aliphatic rings. The minimum Gasteiger partial charge on any atom is -0.351 e. The lowest BCUT2D eigenvalue weighted by molar-refractivity contribution is -0.121. The van der Waals surface area contributed by atoms with Crippen molar-refractivity contribution in [2.24, 2.45) is 5.73 Å². The van der Waals surface area contributed by atoms with Gasteiger partial charge in [-0.05, 0) is 31.4 Å². The van der Waals surface area contributed by atoms with Crippen LogP contribution >= 0.6 is 0 Å². The molecule has 0 aliphatic carbocycles. The van der Waals surface area contributed by atoms with Crippen molar-refractivity contribution in [1.82, 2.24) is 10.6 Å². The summed E-state index contributed by atoms with van der Waals surface area (Å²) >= 11 is 0. The molecule has 0 bridgehead atoms. The highest BCUT2D eigenvalue weighted by Gasteiger charge is 2.14. The largest absolute Gasteiger partial charge is 0.351 e. The molecule has 0 radical (unpaired) electrons. The molecule has 0 heterocycles. The van der Waals surface area contributed by atoms with Crippen LogP contribution in [0.1, 0.15) is 31.7 Å². The maximum atomic E-state index is 11.4. The Hall–Kier alpha value is -1.88. The number of carbonyl (C=O) groups is 2. The Balaban J connectivity index is 2.30. The van der Waals surface area contributed by atoms with Gasteiger partial charge in [0.2, 0.25) is 5.91 Å². The molecule has 4 N–H and O–H groups in total. The van der Waals surface area contributed by atoms with Crippen LogP contribution in [0, 0.1) is 0 Å². The predicted octanol–water partition coefficient (Wildman–Crippen LogP) is 1.35. The second-order valence-corrected chi connectivity index (χ2v) is 4.63. The number of nitrogens with one attached hydrogen (secondary N) is 2. The molecule has 0 saturated heterocycles. The lowest BCUT2D eigenvalue weighted by Crippen LogP contribution is -2.46. The normalized spacial score (nSPS) is 13.6. The van der Waals surface area contributed by atoms with E-state index in [2.05, 4.69) is 24.4 Å². The van der Waals surface area contributed by atoms with Gasteiger partial charge in [0.15, 0.2) is 0 Å². The molecule has 19 heavy (non-hydrogen) atoms. The molecule has 1 aromatic rings. The Bertz CT molecular complexity index is 420. The second kappa shape index (κ2) is 7.53. The van der Waals surface area contributed by atoms with Gasteiger partial charge in [-0.2, -0.15) is 0 Å². The fourth-order valence-corrected chi connectivity index (χ4v) is 1.79. The smallest absolute Gasteiger partial charge is 0.318 e. The molecular formula is C14H21N3O2. The number of benzene rings is 1. The van der Waals surface area contributed by atoms with Crippen molar-refractivity contribution in [1.29, 1.82) is 0 Å². The van der Waals surface area contributed by atoms with Crippen molar-refractivity contribution in [2.45, 2.75) is 32.2 Å². The summed E-state index contributed by atoms with van der Waals surface area (Å²) in [5.74, 6) is 0.0139. The van der Waals surface area contributed by atoms with Gasteiger partial charge in [0, 0.05) is 0 Å². The van der Waals surface area contributed by atoms with E-state index in [0.29, 0.717) is 12.5 Å². The monoisotopic (exact) mass is 263 g/mol. The Morgan fingerprint density at radius 3 is 2.42 bits per heavy atom. The van der Waals surface area contributed by atoms with Crippen molar-refractivity contribution in [2.75, 3.05) is 6.54 Å². The van der Waals surface area contributed by atoms with Crippen molar-refractivity contribution >= 4 is 11.9 Å². The molecular weight excluding hydrogens is 242 g/mol. The zero-order chi connectivity index (χ0) is 14.3. The summed E-state index contributed by atoms with van der Waals surface area (Å²) in [6.45, 7) is 4.54. The summed E-state index contributed by atoms with van der Waals surface area (Å²) in [4.78, 5) is 22.0. The third-order valence-corrected chi connectivity index (χ3v) is 3.04. The van der Waals surface area contributed by atoms with Crippen LogP contribution < -0.4 is 16.4 Å². The zero-order valence-electron chi connectivity index (χ0n) is 11.3. The Kier molecular flexibility index (Phi) is 6.02. The molecule has 5 nitrogen and oxygen atoms in total. The average molecular weight is 263 g/mol. The van der Waals surface area contributed by atoms with E-state index in [1.54, 1.807) is 6.92 Å². The van der Waals surface area contributed by atoms with Crippen LogP contribution in [-0.2, 0) is 4.79 Å². The standard InChI is InChI=1S/C14H21N3O2/c1-10(12-6-4-3-5-7-12)8-9-16-11(2)13(18)17-14(15)19/h3-7,10-11,16H,8-9H2,1-2H3,(H3,15,17,18,19). The van der Waals surface area contributed by atoms with Gasteiger partial charge in [0.1, 0.15) is 0 Å². The van der Waals surface area contributed by atoms with E-state index in [0.717, 1.165) is 6.42 Å². The summed E-state index contributed by atoms with van der Waals surface area (Å²) in [6.07, 6.45) is 0.915. The highest BCUT2D eigenvalue weighted by atomic mass is 16.2. The number of nitrogens with two attached hydrogens (primary N) is 1. The Morgan fingerprint density at radius 2 is 1.84 bits per heavy atom. The first-order valence-electron chi connectivity index (χ1n) is 6.39. The minimum atomic E-state index is -0.823. The molecule has 5 heteroatoms.